The minimum Gasteiger partial charge on any atom is -0.497 e. The number of carbonyl (C=O) groups is 2. The van der Waals surface area contributed by atoms with E-state index in [1.165, 1.54) is 7.11 Å². The van der Waals surface area contributed by atoms with E-state index in [0.29, 0.717) is 17.9 Å². The number of amides is 3. The van der Waals surface area contributed by atoms with Crippen molar-refractivity contribution in [3.05, 3.63) is 29.8 Å². The van der Waals surface area contributed by atoms with Crippen LogP contribution < -0.4 is 20.8 Å². The first kappa shape index (κ1) is 18.9. The summed E-state index contributed by atoms with van der Waals surface area (Å²) in [6.45, 7) is 3.93. The number of ether oxygens (including phenoxy) is 2. The largest absolute Gasteiger partial charge is 0.497 e. The molecule has 3 N–H and O–H groups in total. The van der Waals surface area contributed by atoms with Crippen LogP contribution in [0.3, 0.4) is 0 Å². The molecular weight excluding hydrogens is 344 g/mol. The Kier molecular flexibility index (Phi) is 5.81. The van der Waals surface area contributed by atoms with Crippen molar-refractivity contribution in [3.63, 3.8) is 0 Å². The number of nitrogens with zero attached hydrogens (tertiary/aromatic N) is 1. The summed E-state index contributed by atoms with van der Waals surface area (Å²) in [6.07, 6.45) is 0. The summed E-state index contributed by atoms with van der Waals surface area (Å²) in [4.78, 5) is 25.1. The zero-order chi connectivity index (χ0) is 18.6. The van der Waals surface area contributed by atoms with Crippen LogP contribution in [-0.2, 0) is 15.1 Å². The number of carbonyl (C=O) groups excluding carboxylic acids is 2. The maximum atomic E-state index is 12.8. The number of hydrogen-bond donors (Lipinski definition) is 3. The van der Waals surface area contributed by atoms with Gasteiger partial charge in [-0.2, -0.15) is 5.01 Å². The topological polar surface area (TPSA) is 91.9 Å². The molecule has 9 heteroatoms. The first-order chi connectivity index (χ1) is 11.8. The standard InChI is InChI=1S/C16H22N4O4S/c1-10(9-23-3)17-14(25)19-20-13(21)16(2,18-15(20)22)11-6-5-7-12(8-11)24-4/h5-8,10H,9H2,1-4H3,(H,18,22)(H2,17,19,25)/t10-,16+/m0/s1. The van der Waals surface area contributed by atoms with Crippen LogP contribution in [0.2, 0.25) is 0 Å². The Balaban J connectivity index is 2.14. The van der Waals surface area contributed by atoms with Crippen molar-refractivity contribution in [1.29, 1.82) is 0 Å². The Bertz CT molecular complexity index is 684. The molecule has 0 saturated carbocycles. The lowest BCUT2D eigenvalue weighted by Crippen LogP contribution is -2.53. The number of methoxy groups -OCH3 is 2. The highest BCUT2D eigenvalue weighted by atomic mass is 32.1. The molecule has 0 aromatic heterocycles. The fourth-order valence-electron chi connectivity index (χ4n) is 2.52. The number of nitrogens with one attached hydrogen (secondary N) is 3. The molecule has 2 atom stereocenters. The molecule has 1 aliphatic heterocycles. The van der Waals surface area contributed by atoms with E-state index in [1.54, 1.807) is 38.3 Å². The lowest BCUT2D eigenvalue weighted by atomic mass is 9.92. The van der Waals surface area contributed by atoms with E-state index in [-0.39, 0.29) is 11.2 Å². The third kappa shape index (κ3) is 3.99. The van der Waals surface area contributed by atoms with Crippen molar-refractivity contribution in [2.45, 2.75) is 25.4 Å². The van der Waals surface area contributed by atoms with Gasteiger partial charge >= 0.3 is 6.03 Å². The summed E-state index contributed by atoms with van der Waals surface area (Å²) in [6, 6.07) is 6.32. The molecule has 1 aromatic rings. The molecule has 0 aliphatic carbocycles. The highest BCUT2D eigenvalue weighted by Crippen LogP contribution is 2.30. The SMILES string of the molecule is COC[C@H](C)NC(=S)NN1C(=O)N[C@](C)(c2cccc(OC)c2)C1=O. The molecule has 8 nitrogen and oxygen atoms in total. The van der Waals surface area contributed by atoms with Crippen LogP contribution in [0.1, 0.15) is 19.4 Å². The molecule has 2 rings (SSSR count). The number of rotatable bonds is 6. The summed E-state index contributed by atoms with van der Waals surface area (Å²) < 4.78 is 10.2. The maximum Gasteiger partial charge on any atom is 0.344 e. The van der Waals surface area contributed by atoms with Crippen molar-refractivity contribution < 1.29 is 19.1 Å². The highest BCUT2D eigenvalue weighted by Gasteiger charge is 2.50. The number of urea groups is 1. The van der Waals surface area contributed by atoms with E-state index in [0.717, 1.165) is 5.01 Å². The normalized spacial score (nSPS) is 20.9. The summed E-state index contributed by atoms with van der Waals surface area (Å²) >= 11 is 5.15. The van der Waals surface area contributed by atoms with Gasteiger partial charge in [0.25, 0.3) is 5.91 Å². The summed E-state index contributed by atoms with van der Waals surface area (Å²) in [7, 11) is 3.11. The summed E-state index contributed by atoms with van der Waals surface area (Å²) in [5.74, 6) is 0.132. The number of benzene rings is 1. The minimum absolute atomic E-state index is 0.0736. The van der Waals surface area contributed by atoms with Crippen molar-refractivity contribution >= 4 is 29.3 Å². The van der Waals surface area contributed by atoms with Crippen LogP contribution in [0.25, 0.3) is 0 Å². The van der Waals surface area contributed by atoms with Gasteiger partial charge in [0.1, 0.15) is 11.3 Å². The van der Waals surface area contributed by atoms with Gasteiger partial charge in [-0.25, -0.2) is 4.79 Å². The number of hydrogen-bond acceptors (Lipinski definition) is 5. The molecule has 0 radical (unpaired) electrons. The van der Waals surface area contributed by atoms with Crippen LogP contribution in [-0.4, -0.2) is 48.9 Å². The molecule has 0 bridgehead atoms. The first-order valence-electron chi connectivity index (χ1n) is 7.69. The molecule has 1 fully saturated rings. The van der Waals surface area contributed by atoms with E-state index in [9.17, 15) is 9.59 Å². The van der Waals surface area contributed by atoms with Gasteiger partial charge in [-0.1, -0.05) is 12.1 Å². The lowest BCUT2D eigenvalue weighted by Gasteiger charge is -2.23. The van der Waals surface area contributed by atoms with Crippen molar-refractivity contribution in [1.82, 2.24) is 21.1 Å². The zero-order valence-corrected chi connectivity index (χ0v) is 15.4. The van der Waals surface area contributed by atoms with Gasteiger partial charge in [0.2, 0.25) is 0 Å². The Morgan fingerprint density at radius 2 is 2.12 bits per heavy atom. The lowest BCUT2D eigenvalue weighted by molar-refractivity contribution is -0.132. The predicted molar refractivity (Wildman–Crippen MR) is 95.9 cm³/mol. The average molecular weight is 366 g/mol. The summed E-state index contributed by atoms with van der Waals surface area (Å²) in [5.41, 5.74) is 2.02. The number of hydrazine groups is 1. The van der Waals surface area contributed by atoms with Gasteiger partial charge in [-0.3, -0.25) is 10.2 Å². The van der Waals surface area contributed by atoms with Crippen LogP contribution in [0.15, 0.2) is 24.3 Å². The fraction of sp³-hybridized carbons (Fsp3) is 0.438. The van der Waals surface area contributed by atoms with Crippen molar-refractivity contribution in [2.24, 2.45) is 0 Å². The maximum absolute atomic E-state index is 12.8. The summed E-state index contributed by atoms with van der Waals surface area (Å²) in [5, 5.41) is 6.65. The first-order valence-corrected chi connectivity index (χ1v) is 8.10. The average Bonchev–Trinajstić information content (AvgIpc) is 2.79. The molecule has 3 amide bonds. The molecule has 0 spiro atoms. The van der Waals surface area contributed by atoms with Crippen molar-refractivity contribution in [2.75, 3.05) is 20.8 Å². The quantitative estimate of drug-likeness (QED) is 0.508. The van der Waals surface area contributed by atoms with Crippen LogP contribution >= 0.6 is 12.2 Å². The molecule has 1 saturated heterocycles. The minimum atomic E-state index is -1.22. The van der Waals surface area contributed by atoms with E-state index >= 15 is 0 Å². The Labute approximate surface area is 151 Å². The number of imide groups is 1. The molecule has 0 unspecified atom stereocenters. The molecule has 136 valence electrons. The molecule has 1 aliphatic rings. The Hall–Kier alpha value is -2.39. The Morgan fingerprint density at radius 3 is 2.76 bits per heavy atom. The Morgan fingerprint density at radius 1 is 1.40 bits per heavy atom. The van der Waals surface area contributed by atoms with Gasteiger partial charge in [-0.15, -0.1) is 0 Å². The van der Waals surface area contributed by atoms with Gasteiger partial charge < -0.3 is 20.1 Å². The van der Waals surface area contributed by atoms with Gasteiger partial charge in [0.05, 0.1) is 13.7 Å². The van der Waals surface area contributed by atoms with Crippen LogP contribution in [0.4, 0.5) is 4.79 Å². The van der Waals surface area contributed by atoms with Crippen LogP contribution in [0, 0.1) is 0 Å². The molecule has 25 heavy (non-hydrogen) atoms. The van der Waals surface area contributed by atoms with E-state index in [1.807, 2.05) is 6.92 Å². The molecular formula is C16H22N4O4S. The molecule has 1 aromatic carbocycles. The van der Waals surface area contributed by atoms with Gasteiger partial charge in [0, 0.05) is 13.2 Å². The van der Waals surface area contributed by atoms with Gasteiger partial charge in [-0.05, 0) is 43.8 Å². The monoisotopic (exact) mass is 366 g/mol. The van der Waals surface area contributed by atoms with Crippen molar-refractivity contribution in [3.8, 4) is 5.75 Å². The third-order valence-corrected chi connectivity index (χ3v) is 4.05. The van der Waals surface area contributed by atoms with Gasteiger partial charge in [0.15, 0.2) is 5.11 Å². The van der Waals surface area contributed by atoms with E-state index < -0.39 is 17.5 Å². The fourth-order valence-corrected chi connectivity index (χ4v) is 2.81. The number of thiocarbonyl (C=S) groups is 1. The zero-order valence-electron chi connectivity index (χ0n) is 14.6. The third-order valence-electron chi connectivity index (χ3n) is 3.85. The second kappa shape index (κ2) is 7.66. The highest BCUT2D eigenvalue weighted by molar-refractivity contribution is 7.80. The van der Waals surface area contributed by atoms with Crippen LogP contribution in [0.5, 0.6) is 5.75 Å². The second-order valence-corrected chi connectivity index (χ2v) is 6.28. The molecule has 1 heterocycles. The van der Waals surface area contributed by atoms with E-state index in [4.69, 9.17) is 21.7 Å². The second-order valence-electron chi connectivity index (χ2n) is 5.87. The predicted octanol–water partition coefficient (Wildman–Crippen LogP) is 0.876. The van der Waals surface area contributed by atoms with E-state index in [2.05, 4.69) is 16.1 Å². The smallest absolute Gasteiger partial charge is 0.344 e.